The predicted octanol–water partition coefficient (Wildman–Crippen LogP) is 3.20. The molecule has 1 aliphatic heterocycles. The molecule has 0 saturated heterocycles. The van der Waals surface area contributed by atoms with E-state index in [1.54, 1.807) is 24.3 Å². The van der Waals surface area contributed by atoms with Crippen LogP contribution in [0, 0.1) is 12.7 Å². The number of fused-ring (bicyclic) bond motifs is 1. The van der Waals surface area contributed by atoms with Gasteiger partial charge in [0.25, 0.3) is 5.91 Å². The number of benzene rings is 2. The van der Waals surface area contributed by atoms with Gasteiger partial charge >= 0.3 is 0 Å². The molecule has 1 amide bonds. The van der Waals surface area contributed by atoms with Gasteiger partial charge in [-0.3, -0.25) is 9.59 Å². The van der Waals surface area contributed by atoms with Gasteiger partial charge in [0.2, 0.25) is 0 Å². The van der Waals surface area contributed by atoms with Crippen molar-refractivity contribution in [2.75, 3.05) is 11.9 Å². The molecule has 116 valence electrons. The molecule has 1 heterocycles. The van der Waals surface area contributed by atoms with Crippen molar-refractivity contribution in [1.29, 1.82) is 0 Å². The molecule has 0 fully saturated rings. The molecule has 2 aromatic rings. The number of carbonyl (C=O) groups is 2. The summed E-state index contributed by atoms with van der Waals surface area (Å²) in [5, 5.41) is 2.73. The summed E-state index contributed by atoms with van der Waals surface area (Å²) in [6, 6.07) is 9.37. The molecule has 0 saturated carbocycles. The number of anilines is 1. The highest BCUT2D eigenvalue weighted by atomic mass is 19.1. The largest absolute Gasteiger partial charge is 0.481 e. The van der Waals surface area contributed by atoms with E-state index < -0.39 is 0 Å². The van der Waals surface area contributed by atoms with Crippen LogP contribution in [0.2, 0.25) is 0 Å². The molecule has 0 spiro atoms. The molecule has 2 aromatic carbocycles. The Labute approximate surface area is 132 Å². The number of rotatable bonds is 3. The van der Waals surface area contributed by atoms with Crippen molar-refractivity contribution in [1.82, 2.24) is 0 Å². The fraction of sp³-hybridized carbons (Fsp3) is 0.111. The number of amides is 1. The van der Waals surface area contributed by atoms with E-state index in [4.69, 9.17) is 4.74 Å². The van der Waals surface area contributed by atoms with Crippen LogP contribution in [-0.2, 0) is 9.59 Å². The van der Waals surface area contributed by atoms with E-state index in [9.17, 15) is 14.0 Å². The number of hydrogen-bond donors (Lipinski definition) is 1. The second kappa shape index (κ2) is 6.04. The Kier molecular flexibility index (Phi) is 3.93. The lowest BCUT2D eigenvalue weighted by atomic mass is 10.00. The Morgan fingerprint density at radius 3 is 2.70 bits per heavy atom. The molecule has 4 nitrogen and oxygen atoms in total. The molecule has 0 bridgehead atoms. The highest BCUT2D eigenvalue weighted by molar-refractivity contribution is 6.14. The summed E-state index contributed by atoms with van der Waals surface area (Å²) >= 11 is 0. The van der Waals surface area contributed by atoms with Gasteiger partial charge in [0.05, 0.1) is 5.69 Å². The zero-order chi connectivity index (χ0) is 16.4. The van der Waals surface area contributed by atoms with E-state index >= 15 is 0 Å². The van der Waals surface area contributed by atoms with Gasteiger partial charge in [-0.25, -0.2) is 4.39 Å². The Balaban J connectivity index is 2.03. The Bertz CT molecular complexity index is 810. The fourth-order valence-electron chi connectivity index (χ4n) is 2.47. The molecule has 0 unspecified atom stereocenters. The third-order valence-electron chi connectivity index (χ3n) is 3.55. The van der Waals surface area contributed by atoms with Crippen LogP contribution in [0.5, 0.6) is 5.75 Å². The Hall–Kier alpha value is -2.95. The monoisotopic (exact) mass is 311 g/mol. The minimum absolute atomic E-state index is 0.0147. The maximum atomic E-state index is 13.0. The van der Waals surface area contributed by atoms with Crippen molar-refractivity contribution in [3.63, 3.8) is 0 Å². The van der Waals surface area contributed by atoms with Gasteiger partial charge in [-0.05, 0) is 54.0 Å². The first kappa shape index (κ1) is 15.0. The lowest BCUT2D eigenvalue weighted by Gasteiger charge is -2.21. The number of halogens is 1. The number of aryl methyl sites for hydroxylation is 1. The van der Waals surface area contributed by atoms with Crippen LogP contribution >= 0.6 is 0 Å². The highest BCUT2D eigenvalue weighted by Crippen LogP contribution is 2.34. The van der Waals surface area contributed by atoms with Crippen LogP contribution in [0.1, 0.15) is 16.7 Å². The summed E-state index contributed by atoms with van der Waals surface area (Å²) < 4.78 is 18.4. The molecule has 1 N–H and O–H groups in total. The SMILES string of the molecule is Cc1cc(/C(C=O)=C\c2ccc(F)cc2)cc2c1OCC(=O)N2. The zero-order valence-corrected chi connectivity index (χ0v) is 12.4. The van der Waals surface area contributed by atoms with E-state index in [0.717, 1.165) is 11.8 Å². The van der Waals surface area contributed by atoms with Crippen molar-refractivity contribution < 1.29 is 18.7 Å². The van der Waals surface area contributed by atoms with Gasteiger partial charge in [0.1, 0.15) is 11.6 Å². The third-order valence-corrected chi connectivity index (χ3v) is 3.55. The van der Waals surface area contributed by atoms with Crippen LogP contribution in [0.3, 0.4) is 0 Å². The van der Waals surface area contributed by atoms with Crippen molar-refractivity contribution in [2.24, 2.45) is 0 Å². The summed E-state index contributed by atoms with van der Waals surface area (Å²) in [4.78, 5) is 22.9. The molecule has 3 rings (SSSR count). The lowest BCUT2D eigenvalue weighted by molar-refractivity contribution is -0.118. The molecular formula is C18H14FNO3. The maximum absolute atomic E-state index is 13.0. The first-order valence-electron chi connectivity index (χ1n) is 7.07. The average molecular weight is 311 g/mol. The maximum Gasteiger partial charge on any atom is 0.262 e. The second-order valence-corrected chi connectivity index (χ2v) is 5.28. The van der Waals surface area contributed by atoms with Crippen LogP contribution in [0.25, 0.3) is 11.6 Å². The number of carbonyl (C=O) groups excluding carboxylic acids is 2. The van der Waals surface area contributed by atoms with Gasteiger partial charge in [0.15, 0.2) is 12.9 Å². The predicted molar refractivity (Wildman–Crippen MR) is 85.6 cm³/mol. The fourth-order valence-corrected chi connectivity index (χ4v) is 2.47. The standard InChI is InChI=1S/C18H14FNO3/c1-11-6-13(8-16-18(11)23-10-17(22)20-16)14(9-21)7-12-2-4-15(19)5-3-12/h2-9H,10H2,1H3,(H,20,22)/b14-7-. The molecule has 0 aromatic heterocycles. The van der Waals surface area contributed by atoms with Crippen LogP contribution in [-0.4, -0.2) is 18.8 Å². The Morgan fingerprint density at radius 2 is 2.00 bits per heavy atom. The minimum atomic E-state index is -0.334. The number of ether oxygens (including phenoxy) is 1. The van der Waals surface area contributed by atoms with Gasteiger partial charge in [-0.2, -0.15) is 0 Å². The van der Waals surface area contributed by atoms with Gasteiger partial charge < -0.3 is 10.1 Å². The van der Waals surface area contributed by atoms with Crippen LogP contribution in [0.15, 0.2) is 36.4 Å². The highest BCUT2D eigenvalue weighted by Gasteiger charge is 2.19. The van der Waals surface area contributed by atoms with Crippen molar-refractivity contribution in [3.8, 4) is 5.75 Å². The van der Waals surface area contributed by atoms with E-state index in [2.05, 4.69) is 5.32 Å². The molecule has 0 atom stereocenters. The van der Waals surface area contributed by atoms with E-state index in [1.807, 2.05) is 13.0 Å². The zero-order valence-electron chi connectivity index (χ0n) is 12.4. The van der Waals surface area contributed by atoms with Crippen LogP contribution < -0.4 is 10.1 Å². The van der Waals surface area contributed by atoms with Gasteiger partial charge in [-0.15, -0.1) is 0 Å². The first-order chi connectivity index (χ1) is 11.1. The molecular weight excluding hydrogens is 297 g/mol. The summed E-state index contributed by atoms with van der Waals surface area (Å²) in [5.74, 6) is 0.0453. The topological polar surface area (TPSA) is 55.4 Å². The van der Waals surface area contributed by atoms with E-state index in [0.29, 0.717) is 28.1 Å². The number of aldehydes is 1. The van der Waals surface area contributed by atoms with Crippen molar-refractivity contribution in [2.45, 2.75) is 6.92 Å². The van der Waals surface area contributed by atoms with Gasteiger partial charge in [-0.1, -0.05) is 12.1 Å². The first-order valence-corrected chi connectivity index (χ1v) is 7.07. The van der Waals surface area contributed by atoms with Gasteiger partial charge in [0, 0.05) is 5.57 Å². The summed E-state index contributed by atoms with van der Waals surface area (Å²) in [5.41, 5.74) is 3.17. The van der Waals surface area contributed by atoms with Crippen molar-refractivity contribution in [3.05, 3.63) is 58.9 Å². The van der Waals surface area contributed by atoms with Crippen molar-refractivity contribution >= 4 is 29.5 Å². The summed E-state index contributed by atoms with van der Waals surface area (Å²) in [7, 11) is 0. The van der Waals surface area contributed by atoms with E-state index in [-0.39, 0.29) is 18.3 Å². The lowest BCUT2D eigenvalue weighted by Crippen LogP contribution is -2.26. The number of hydrogen-bond acceptors (Lipinski definition) is 3. The summed E-state index contributed by atoms with van der Waals surface area (Å²) in [6.45, 7) is 1.83. The number of nitrogens with one attached hydrogen (secondary N) is 1. The summed E-state index contributed by atoms with van der Waals surface area (Å²) in [6.07, 6.45) is 2.40. The average Bonchev–Trinajstić information content (AvgIpc) is 2.53. The van der Waals surface area contributed by atoms with Crippen LogP contribution in [0.4, 0.5) is 10.1 Å². The molecule has 0 aliphatic carbocycles. The molecule has 0 radical (unpaired) electrons. The quantitative estimate of drug-likeness (QED) is 0.538. The third kappa shape index (κ3) is 3.13. The normalized spacial score (nSPS) is 13.8. The van der Waals surface area contributed by atoms with E-state index in [1.165, 1.54) is 12.1 Å². The molecule has 23 heavy (non-hydrogen) atoms. The number of allylic oxidation sites excluding steroid dienone is 1. The minimum Gasteiger partial charge on any atom is -0.481 e. The smallest absolute Gasteiger partial charge is 0.262 e. The second-order valence-electron chi connectivity index (χ2n) is 5.28. The Morgan fingerprint density at radius 1 is 1.26 bits per heavy atom. The molecule has 1 aliphatic rings. The molecule has 5 heteroatoms.